The van der Waals surface area contributed by atoms with E-state index in [0.717, 1.165) is 11.3 Å². The van der Waals surface area contributed by atoms with Gasteiger partial charge in [-0.2, -0.15) is 0 Å². The van der Waals surface area contributed by atoms with Crippen molar-refractivity contribution in [1.29, 1.82) is 0 Å². The van der Waals surface area contributed by atoms with Crippen LogP contribution in [0.3, 0.4) is 0 Å². The van der Waals surface area contributed by atoms with Gasteiger partial charge in [-0.1, -0.05) is 5.16 Å². The zero-order valence-electron chi connectivity index (χ0n) is 5.40. The van der Waals surface area contributed by atoms with E-state index in [4.69, 9.17) is 4.52 Å². The van der Waals surface area contributed by atoms with Crippen LogP contribution in [-0.2, 0) is 0 Å². The summed E-state index contributed by atoms with van der Waals surface area (Å²) in [6.45, 7) is 1.90. The molecule has 0 aliphatic carbocycles. The van der Waals surface area contributed by atoms with E-state index in [1.807, 2.05) is 6.92 Å². The van der Waals surface area contributed by atoms with Gasteiger partial charge < -0.3 is 4.52 Å². The van der Waals surface area contributed by atoms with Gasteiger partial charge >= 0.3 is 0 Å². The Hall–Kier alpha value is -1.45. The van der Waals surface area contributed by atoms with Crippen LogP contribution in [0.5, 0.6) is 0 Å². The Morgan fingerprint density at radius 2 is 2.30 bits per heavy atom. The molecule has 2 rings (SSSR count). The highest BCUT2D eigenvalue weighted by Crippen LogP contribution is 2.16. The van der Waals surface area contributed by atoms with Gasteiger partial charge in [0.15, 0.2) is 0 Å². The molecule has 0 aromatic carbocycles. The number of aryl methyl sites for hydroxylation is 1. The van der Waals surface area contributed by atoms with E-state index in [9.17, 15) is 0 Å². The minimum absolute atomic E-state index is 0.569. The molecule has 4 nitrogen and oxygen atoms in total. The molecule has 4 heteroatoms. The summed E-state index contributed by atoms with van der Waals surface area (Å²) in [6.07, 6.45) is 3.02. The van der Waals surface area contributed by atoms with Gasteiger partial charge in [-0.3, -0.25) is 0 Å². The number of fused-ring (bicyclic) bond motifs is 1. The van der Waals surface area contributed by atoms with Crippen molar-refractivity contribution >= 4 is 0 Å². The first kappa shape index (κ1) is 5.34. The molecule has 0 aromatic rings. The SMILES string of the molecule is Cc1conc2ncnc1-2. The molecular weight excluding hydrogens is 130 g/mol. The zero-order chi connectivity index (χ0) is 6.97. The molecule has 0 amide bonds. The van der Waals surface area contributed by atoms with Crippen molar-refractivity contribution < 1.29 is 4.52 Å². The number of aromatic nitrogens is 3. The highest BCUT2D eigenvalue weighted by molar-refractivity contribution is 5.52. The Bertz CT molecular complexity index is 317. The lowest BCUT2D eigenvalue weighted by molar-refractivity contribution is 0.397. The molecule has 2 aliphatic heterocycles. The highest BCUT2D eigenvalue weighted by atomic mass is 16.5. The molecule has 0 saturated carbocycles. The van der Waals surface area contributed by atoms with Crippen molar-refractivity contribution in [2.24, 2.45) is 0 Å². The second-order valence-electron chi connectivity index (χ2n) is 2.04. The molecule has 0 saturated heterocycles. The largest absolute Gasteiger partial charge is 0.362 e. The first-order valence-electron chi connectivity index (χ1n) is 2.89. The van der Waals surface area contributed by atoms with E-state index in [0.29, 0.717) is 5.82 Å². The Morgan fingerprint density at radius 3 is 3.10 bits per heavy atom. The molecule has 2 heterocycles. The molecule has 0 bridgehead atoms. The van der Waals surface area contributed by atoms with Crippen molar-refractivity contribution in [3.05, 3.63) is 18.2 Å². The molecule has 2 aliphatic rings. The molecule has 10 heavy (non-hydrogen) atoms. The van der Waals surface area contributed by atoms with Gasteiger partial charge in [-0.25, -0.2) is 9.97 Å². The van der Waals surface area contributed by atoms with E-state index < -0.39 is 0 Å². The van der Waals surface area contributed by atoms with Crippen LogP contribution in [0.1, 0.15) is 5.56 Å². The average molecular weight is 135 g/mol. The predicted molar refractivity (Wildman–Crippen MR) is 33.5 cm³/mol. The van der Waals surface area contributed by atoms with Gasteiger partial charge in [0.05, 0.1) is 0 Å². The maximum atomic E-state index is 4.73. The number of hydrogen-bond acceptors (Lipinski definition) is 4. The Kier molecular flexibility index (Phi) is 0.943. The average Bonchev–Trinajstić information content (AvgIpc) is 2.36. The highest BCUT2D eigenvalue weighted by Gasteiger charge is 2.09. The van der Waals surface area contributed by atoms with Crippen LogP contribution in [0.4, 0.5) is 0 Å². The molecule has 0 spiro atoms. The summed E-state index contributed by atoms with van der Waals surface area (Å²) in [4.78, 5) is 7.85. The van der Waals surface area contributed by atoms with E-state index in [1.54, 1.807) is 6.26 Å². The van der Waals surface area contributed by atoms with Gasteiger partial charge in [0.2, 0.25) is 5.82 Å². The van der Waals surface area contributed by atoms with Gasteiger partial charge in [-0.15, -0.1) is 0 Å². The molecular formula is C6H5N3O. The molecule has 0 unspecified atom stereocenters. The fraction of sp³-hybridized carbons (Fsp3) is 0.167. The Morgan fingerprint density at radius 1 is 1.40 bits per heavy atom. The summed E-state index contributed by atoms with van der Waals surface area (Å²) >= 11 is 0. The van der Waals surface area contributed by atoms with Crippen molar-refractivity contribution in [1.82, 2.24) is 15.1 Å². The standard InChI is InChI=1S/C6H5N3O/c1-4-2-10-9-6-5(4)7-3-8-6/h2-3H,1H3. The summed E-state index contributed by atoms with van der Waals surface area (Å²) in [5.41, 5.74) is 1.77. The van der Waals surface area contributed by atoms with Gasteiger partial charge in [0.1, 0.15) is 18.3 Å². The molecule has 0 fully saturated rings. The van der Waals surface area contributed by atoms with Crippen LogP contribution < -0.4 is 0 Å². The summed E-state index contributed by atoms with van der Waals surface area (Å²) in [7, 11) is 0. The second kappa shape index (κ2) is 1.76. The molecule has 0 N–H and O–H groups in total. The van der Waals surface area contributed by atoms with Gasteiger partial charge in [-0.05, 0) is 6.92 Å². The molecule has 0 aromatic heterocycles. The van der Waals surface area contributed by atoms with Gasteiger partial charge in [0.25, 0.3) is 0 Å². The van der Waals surface area contributed by atoms with E-state index in [2.05, 4.69) is 15.1 Å². The summed E-state index contributed by atoms with van der Waals surface area (Å²) in [5.74, 6) is 0.569. The predicted octanol–water partition coefficient (Wildman–Crippen LogP) is 0.878. The van der Waals surface area contributed by atoms with Crippen molar-refractivity contribution in [3.63, 3.8) is 0 Å². The third-order valence-electron chi connectivity index (χ3n) is 1.32. The molecule has 50 valence electrons. The van der Waals surface area contributed by atoms with Gasteiger partial charge in [0, 0.05) is 5.56 Å². The van der Waals surface area contributed by atoms with Crippen LogP contribution in [-0.4, -0.2) is 15.1 Å². The molecule has 0 atom stereocenters. The van der Waals surface area contributed by atoms with Crippen LogP contribution in [0.2, 0.25) is 0 Å². The Balaban J connectivity index is 2.80. The third kappa shape index (κ3) is 0.586. The topological polar surface area (TPSA) is 51.8 Å². The maximum Gasteiger partial charge on any atom is 0.219 e. The van der Waals surface area contributed by atoms with Crippen LogP contribution in [0.25, 0.3) is 11.5 Å². The number of hydrogen-bond donors (Lipinski definition) is 0. The van der Waals surface area contributed by atoms with Crippen LogP contribution in [0, 0.1) is 6.92 Å². The second-order valence-corrected chi connectivity index (χ2v) is 2.04. The smallest absolute Gasteiger partial charge is 0.219 e. The lowest BCUT2D eigenvalue weighted by Gasteiger charge is -1.93. The van der Waals surface area contributed by atoms with E-state index in [-0.39, 0.29) is 0 Å². The summed E-state index contributed by atoms with van der Waals surface area (Å²) in [5, 5.41) is 3.65. The maximum absolute atomic E-state index is 4.73. The quantitative estimate of drug-likeness (QED) is 0.538. The Labute approximate surface area is 57.2 Å². The van der Waals surface area contributed by atoms with Crippen molar-refractivity contribution in [2.75, 3.05) is 0 Å². The third-order valence-corrected chi connectivity index (χ3v) is 1.32. The monoisotopic (exact) mass is 135 g/mol. The first-order valence-corrected chi connectivity index (χ1v) is 2.89. The number of imidazole rings is 1. The number of nitrogens with zero attached hydrogens (tertiary/aromatic N) is 3. The molecule has 0 radical (unpaired) electrons. The fourth-order valence-corrected chi connectivity index (χ4v) is 0.816. The minimum atomic E-state index is 0.569. The van der Waals surface area contributed by atoms with Crippen LogP contribution >= 0.6 is 0 Å². The first-order chi connectivity index (χ1) is 4.88. The van der Waals surface area contributed by atoms with E-state index in [1.165, 1.54) is 6.33 Å². The summed E-state index contributed by atoms with van der Waals surface area (Å²) < 4.78 is 4.73. The lowest BCUT2D eigenvalue weighted by atomic mass is 10.3. The summed E-state index contributed by atoms with van der Waals surface area (Å²) in [6, 6.07) is 0. The fourth-order valence-electron chi connectivity index (χ4n) is 0.816. The van der Waals surface area contributed by atoms with Crippen molar-refractivity contribution in [2.45, 2.75) is 6.92 Å². The van der Waals surface area contributed by atoms with Crippen LogP contribution in [0.15, 0.2) is 17.1 Å². The minimum Gasteiger partial charge on any atom is -0.362 e. The van der Waals surface area contributed by atoms with Crippen molar-refractivity contribution in [3.8, 4) is 11.5 Å². The normalized spacial score (nSPS) is 10.5. The number of rotatable bonds is 0. The van der Waals surface area contributed by atoms with E-state index >= 15 is 0 Å². The zero-order valence-corrected chi connectivity index (χ0v) is 5.40. The lowest BCUT2D eigenvalue weighted by Crippen LogP contribution is -1.86.